The molecule has 27 heavy (non-hydrogen) atoms. The summed E-state index contributed by atoms with van der Waals surface area (Å²) < 4.78 is 1.40. The van der Waals surface area contributed by atoms with Crippen molar-refractivity contribution in [2.24, 2.45) is 0 Å². The first-order chi connectivity index (χ1) is 13.0. The largest absolute Gasteiger partial charge is 0.322 e. The standard InChI is InChI=1S/C20H17N3O4/c1-14-5-2-3-7-18(14)21-19(24)17-6-4-12-22(20(17)25)13-15-8-10-16(11-9-15)23(26)27/h2-12H,13H2,1H3,(H,21,24). The molecule has 0 aliphatic rings. The Morgan fingerprint density at radius 2 is 1.78 bits per heavy atom. The molecule has 7 nitrogen and oxygen atoms in total. The Kier molecular flexibility index (Phi) is 5.12. The van der Waals surface area contributed by atoms with Crippen molar-refractivity contribution < 1.29 is 9.72 Å². The number of nitrogens with one attached hydrogen (secondary N) is 1. The number of carbonyl (C=O) groups excluding carboxylic acids is 1. The second-order valence-corrected chi connectivity index (χ2v) is 6.05. The van der Waals surface area contributed by atoms with Crippen LogP contribution in [0.2, 0.25) is 0 Å². The Hall–Kier alpha value is -3.74. The molecule has 1 aromatic heterocycles. The van der Waals surface area contributed by atoms with E-state index in [1.54, 1.807) is 36.5 Å². The molecule has 1 N–H and O–H groups in total. The van der Waals surface area contributed by atoms with Gasteiger partial charge in [0.2, 0.25) is 0 Å². The lowest BCUT2D eigenvalue weighted by Gasteiger charge is -2.10. The number of aryl methyl sites for hydroxylation is 1. The summed E-state index contributed by atoms with van der Waals surface area (Å²) in [6.45, 7) is 2.08. The lowest BCUT2D eigenvalue weighted by atomic mass is 10.1. The van der Waals surface area contributed by atoms with E-state index < -0.39 is 16.4 Å². The minimum Gasteiger partial charge on any atom is -0.322 e. The lowest BCUT2D eigenvalue weighted by Crippen LogP contribution is -2.29. The molecule has 1 amide bonds. The van der Waals surface area contributed by atoms with Crippen molar-refractivity contribution in [1.29, 1.82) is 0 Å². The maximum absolute atomic E-state index is 12.7. The van der Waals surface area contributed by atoms with Crippen LogP contribution in [0.5, 0.6) is 0 Å². The van der Waals surface area contributed by atoms with E-state index in [0.29, 0.717) is 5.69 Å². The Bertz CT molecular complexity index is 1060. The zero-order valence-corrected chi connectivity index (χ0v) is 14.6. The van der Waals surface area contributed by atoms with E-state index in [2.05, 4.69) is 5.32 Å². The van der Waals surface area contributed by atoms with E-state index in [0.717, 1.165) is 11.1 Å². The summed E-state index contributed by atoms with van der Waals surface area (Å²) in [5.41, 5.74) is 1.85. The third-order valence-corrected chi connectivity index (χ3v) is 4.16. The molecule has 0 bridgehead atoms. The molecule has 0 saturated heterocycles. The third kappa shape index (κ3) is 4.09. The van der Waals surface area contributed by atoms with Gasteiger partial charge in [0.15, 0.2) is 0 Å². The van der Waals surface area contributed by atoms with Gasteiger partial charge in [-0.1, -0.05) is 30.3 Å². The van der Waals surface area contributed by atoms with Crippen molar-refractivity contribution in [3.05, 3.63) is 104 Å². The van der Waals surface area contributed by atoms with Gasteiger partial charge < -0.3 is 9.88 Å². The van der Waals surface area contributed by atoms with Crippen LogP contribution in [0.4, 0.5) is 11.4 Å². The summed E-state index contributed by atoms with van der Waals surface area (Å²) in [5.74, 6) is -0.479. The molecule has 0 saturated carbocycles. The van der Waals surface area contributed by atoms with Crippen LogP contribution in [0.15, 0.2) is 71.7 Å². The summed E-state index contributed by atoms with van der Waals surface area (Å²) in [6.07, 6.45) is 1.58. The van der Waals surface area contributed by atoms with E-state index in [1.165, 1.54) is 22.8 Å². The monoisotopic (exact) mass is 363 g/mol. The van der Waals surface area contributed by atoms with Crippen LogP contribution >= 0.6 is 0 Å². The molecule has 0 aliphatic carbocycles. The van der Waals surface area contributed by atoms with E-state index in [1.807, 2.05) is 19.1 Å². The molecule has 0 aliphatic heterocycles. The van der Waals surface area contributed by atoms with Crippen LogP contribution in [-0.4, -0.2) is 15.4 Å². The average Bonchev–Trinajstić information content (AvgIpc) is 2.65. The number of aromatic nitrogens is 1. The SMILES string of the molecule is Cc1ccccc1NC(=O)c1cccn(Cc2ccc([N+](=O)[O-])cc2)c1=O. The molecule has 0 fully saturated rings. The molecular weight excluding hydrogens is 346 g/mol. The van der Waals surface area contributed by atoms with E-state index >= 15 is 0 Å². The first-order valence-corrected chi connectivity index (χ1v) is 8.25. The Labute approximate surface area is 155 Å². The maximum atomic E-state index is 12.7. The van der Waals surface area contributed by atoms with E-state index in [9.17, 15) is 19.7 Å². The van der Waals surface area contributed by atoms with Gasteiger partial charge in [-0.3, -0.25) is 19.7 Å². The molecule has 0 atom stereocenters. The second kappa shape index (κ2) is 7.65. The third-order valence-electron chi connectivity index (χ3n) is 4.16. The van der Waals surface area contributed by atoms with Crippen LogP contribution in [0, 0.1) is 17.0 Å². The van der Waals surface area contributed by atoms with Crippen LogP contribution < -0.4 is 10.9 Å². The molecule has 136 valence electrons. The highest BCUT2D eigenvalue weighted by atomic mass is 16.6. The molecule has 3 rings (SSSR count). The average molecular weight is 363 g/mol. The number of nitro groups is 1. The fraction of sp³-hybridized carbons (Fsp3) is 0.100. The van der Waals surface area contributed by atoms with Crippen molar-refractivity contribution in [2.75, 3.05) is 5.32 Å². The molecule has 0 spiro atoms. The molecular formula is C20H17N3O4. The zero-order valence-electron chi connectivity index (χ0n) is 14.6. The number of anilines is 1. The highest BCUT2D eigenvalue weighted by Gasteiger charge is 2.13. The fourth-order valence-corrected chi connectivity index (χ4v) is 2.66. The summed E-state index contributed by atoms with van der Waals surface area (Å²) in [6, 6.07) is 16.4. The van der Waals surface area contributed by atoms with Gasteiger partial charge in [0, 0.05) is 24.0 Å². The number of carbonyl (C=O) groups is 1. The van der Waals surface area contributed by atoms with Crippen LogP contribution in [0.1, 0.15) is 21.5 Å². The van der Waals surface area contributed by atoms with Crippen molar-refractivity contribution in [3.8, 4) is 0 Å². The summed E-state index contributed by atoms with van der Waals surface area (Å²) in [7, 11) is 0. The lowest BCUT2D eigenvalue weighted by molar-refractivity contribution is -0.384. The molecule has 7 heteroatoms. The van der Waals surface area contributed by atoms with Crippen molar-refractivity contribution in [2.45, 2.75) is 13.5 Å². The number of hydrogen-bond donors (Lipinski definition) is 1. The fourth-order valence-electron chi connectivity index (χ4n) is 2.66. The van der Waals surface area contributed by atoms with Crippen LogP contribution in [0.3, 0.4) is 0 Å². The smallest absolute Gasteiger partial charge is 0.269 e. The predicted molar refractivity (Wildman–Crippen MR) is 102 cm³/mol. The van der Waals surface area contributed by atoms with E-state index in [-0.39, 0.29) is 17.8 Å². The first-order valence-electron chi connectivity index (χ1n) is 8.25. The predicted octanol–water partition coefficient (Wildman–Crippen LogP) is 3.37. The summed E-state index contributed by atoms with van der Waals surface area (Å²) in [5, 5.41) is 13.5. The van der Waals surface area contributed by atoms with Gasteiger partial charge >= 0.3 is 0 Å². The Balaban J connectivity index is 1.83. The minimum absolute atomic E-state index is 0.0162. The number of nitro benzene ring substituents is 1. The number of nitrogens with zero attached hydrogens (tertiary/aromatic N) is 2. The zero-order chi connectivity index (χ0) is 19.4. The molecule has 1 heterocycles. The van der Waals surface area contributed by atoms with Crippen molar-refractivity contribution in [1.82, 2.24) is 4.57 Å². The highest BCUT2D eigenvalue weighted by Crippen LogP contribution is 2.14. The number of rotatable bonds is 5. The molecule has 0 radical (unpaired) electrons. The summed E-state index contributed by atoms with van der Waals surface area (Å²) in [4.78, 5) is 35.4. The van der Waals surface area contributed by atoms with Crippen molar-refractivity contribution in [3.63, 3.8) is 0 Å². The van der Waals surface area contributed by atoms with Gasteiger partial charge in [0.05, 0.1) is 11.5 Å². The van der Waals surface area contributed by atoms with Gasteiger partial charge in [-0.25, -0.2) is 0 Å². The van der Waals surface area contributed by atoms with Gasteiger partial charge in [0.25, 0.3) is 17.2 Å². The van der Waals surface area contributed by atoms with Crippen molar-refractivity contribution >= 4 is 17.3 Å². The number of amides is 1. The molecule has 3 aromatic rings. The van der Waals surface area contributed by atoms with Gasteiger partial charge in [-0.15, -0.1) is 0 Å². The Morgan fingerprint density at radius 3 is 2.44 bits per heavy atom. The quantitative estimate of drug-likeness (QED) is 0.555. The van der Waals surface area contributed by atoms with Crippen LogP contribution in [-0.2, 0) is 6.54 Å². The number of hydrogen-bond acceptors (Lipinski definition) is 4. The Morgan fingerprint density at radius 1 is 1.07 bits per heavy atom. The van der Waals surface area contributed by atoms with Gasteiger partial charge in [0.1, 0.15) is 5.56 Å². The highest BCUT2D eigenvalue weighted by molar-refractivity contribution is 6.04. The maximum Gasteiger partial charge on any atom is 0.269 e. The minimum atomic E-state index is -0.480. The number of pyridine rings is 1. The topological polar surface area (TPSA) is 94.2 Å². The normalized spacial score (nSPS) is 10.4. The number of benzene rings is 2. The van der Waals surface area contributed by atoms with E-state index in [4.69, 9.17) is 0 Å². The number of para-hydroxylation sites is 1. The molecule has 0 unspecified atom stereocenters. The second-order valence-electron chi connectivity index (χ2n) is 6.05. The van der Waals surface area contributed by atoms with Crippen LogP contribution in [0.25, 0.3) is 0 Å². The van der Waals surface area contributed by atoms with Gasteiger partial charge in [-0.2, -0.15) is 0 Å². The van der Waals surface area contributed by atoms with Gasteiger partial charge in [-0.05, 0) is 36.2 Å². The summed E-state index contributed by atoms with van der Waals surface area (Å²) >= 11 is 0. The molecule has 2 aromatic carbocycles. The number of non-ortho nitro benzene ring substituents is 1. The first kappa shape index (κ1) is 18.1.